The third-order valence-electron chi connectivity index (χ3n) is 5.06. The molecule has 1 aliphatic carbocycles. The second kappa shape index (κ2) is 6.42. The zero-order valence-corrected chi connectivity index (χ0v) is 15.2. The van der Waals surface area contributed by atoms with Gasteiger partial charge in [-0.1, -0.05) is 11.6 Å². The number of pyridine rings is 1. The van der Waals surface area contributed by atoms with E-state index in [0.717, 1.165) is 0 Å². The van der Waals surface area contributed by atoms with Crippen LogP contribution in [0.3, 0.4) is 0 Å². The summed E-state index contributed by atoms with van der Waals surface area (Å²) in [5.74, 6) is -0.544. The van der Waals surface area contributed by atoms with Gasteiger partial charge >= 0.3 is 0 Å². The van der Waals surface area contributed by atoms with Gasteiger partial charge < -0.3 is 20.5 Å². The van der Waals surface area contributed by atoms with E-state index >= 15 is 0 Å². The number of carbonyl (C=O) groups is 2. The van der Waals surface area contributed by atoms with Crippen molar-refractivity contribution in [3.05, 3.63) is 41.0 Å². The molecule has 0 spiro atoms. The molecular weight excluding hydrogens is 370 g/mol. The van der Waals surface area contributed by atoms with E-state index in [0.29, 0.717) is 47.0 Å². The van der Waals surface area contributed by atoms with Gasteiger partial charge in [0.1, 0.15) is 12.0 Å². The Labute approximate surface area is 160 Å². The number of ether oxygens (including phenoxy) is 1. The summed E-state index contributed by atoms with van der Waals surface area (Å²) in [6, 6.07) is 6.85. The number of nitrogens with two attached hydrogens (primary N) is 1. The van der Waals surface area contributed by atoms with E-state index in [1.807, 2.05) is 6.07 Å². The van der Waals surface area contributed by atoms with Crippen LogP contribution in [0.2, 0.25) is 5.02 Å². The number of primary amides is 1. The first-order valence-corrected chi connectivity index (χ1v) is 8.98. The second-order valence-corrected chi connectivity index (χ2v) is 7.30. The van der Waals surface area contributed by atoms with Crippen molar-refractivity contribution in [2.24, 2.45) is 11.1 Å². The fourth-order valence-corrected chi connectivity index (χ4v) is 3.47. The first-order chi connectivity index (χ1) is 12.9. The molecule has 1 aliphatic heterocycles. The number of nitrogens with zero attached hydrogens (tertiary/aromatic N) is 2. The molecule has 1 aromatic carbocycles. The summed E-state index contributed by atoms with van der Waals surface area (Å²) in [5, 5.41) is 10.9. The van der Waals surface area contributed by atoms with Gasteiger partial charge in [0, 0.05) is 23.9 Å². The lowest BCUT2D eigenvalue weighted by Gasteiger charge is -2.24. The van der Waals surface area contributed by atoms with Crippen molar-refractivity contribution < 1.29 is 19.4 Å². The Balaban J connectivity index is 1.68. The van der Waals surface area contributed by atoms with Crippen LogP contribution in [0.25, 0.3) is 11.3 Å². The SMILES string of the molecule is NC(=O)C1(C(=O)N2CCOc3c(O)cc(-c4ccc(Cl)cn4)cc3C2)CC1. The zero-order chi connectivity index (χ0) is 19.2. The van der Waals surface area contributed by atoms with Gasteiger partial charge in [0.25, 0.3) is 0 Å². The lowest BCUT2D eigenvalue weighted by molar-refractivity contribution is -0.143. The van der Waals surface area contributed by atoms with E-state index in [9.17, 15) is 14.7 Å². The Bertz CT molecular complexity index is 925. The number of phenolic OH excluding ortho intramolecular Hbond substituents is 1. The van der Waals surface area contributed by atoms with Crippen LogP contribution >= 0.6 is 11.6 Å². The smallest absolute Gasteiger partial charge is 0.238 e. The molecule has 1 saturated carbocycles. The molecule has 7 nitrogen and oxygen atoms in total. The van der Waals surface area contributed by atoms with Crippen molar-refractivity contribution in [3.63, 3.8) is 0 Å². The molecule has 1 aromatic heterocycles. The average Bonchev–Trinajstić information content (AvgIpc) is 3.46. The molecule has 0 saturated heterocycles. The standard InChI is InChI=1S/C19H18ClN3O4/c20-13-1-2-14(22-9-13)11-7-12-10-23(5-6-27-16(12)15(24)8-11)18(26)19(3-4-19)17(21)25/h1-2,7-9,24H,3-6,10H2,(H2,21,25). The van der Waals surface area contributed by atoms with Crippen molar-refractivity contribution in [2.45, 2.75) is 19.4 Å². The van der Waals surface area contributed by atoms with Gasteiger partial charge in [0.05, 0.1) is 17.3 Å². The van der Waals surface area contributed by atoms with Crippen LogP contribution < -0.4 is 10.5 Å². The third kappa shape index (κ3) is 3.08. The van der Waals surface area contributed by atoms with Gasteiger partial charge in [-0.3, -0.25) is 14.6 Å². The summed E-state index contributed by atoms with van der Waals surface area (Å²) in [7, 11) is 0. The highest BCUT2D eigenvalue weighted by molar-refractivity contribution is 6.30. The predicted molar refractivity (Wildman–Crippen MR) is 98.1 cm³/mol. The van der Waals surface area contributed by atoms with E-state index in [2.05, 4.69) is 4.98 Å². The summed E-state index contributed by atoms with van der Waals surface area (Å²) in [4.78, 5) is 30.4. The topological polar surface area (TPSA) is 106 Å². The van der Waals surface area contributed by atoms with Crippen LogP contribution in [0, 0.1) is 5.41 Å². The van der Waals surface area contributed by atoms with Gasteiger partial charge in [0.2, 0.25) is 11.8 Å². The van der Waals surface area contributed by atoms with Crippen molar-refractivity contribution >= 4 is 23.4 Å². The maximum Gasteiger partial charge on any atom is 0.238 e. The highest BCUT2D eigenvalue weighted by atomic mass is 35.5. The minimum atomic E-state index is -1.08. The summed E-state index contributed by atoms with van der Waals surface area (Å²) in [5.41, 5.74) is 6.31. The van der Waals surface area contributed by atoms with Crippen molar-refractivity contribution in [1.82, 2.24) is 9.88 Å². The number of benzene rings is 1. The first-order valence-electron chi connectivity index (χ1n) is 8.60. The lowest BCUT2D eigenvalue weighted by atomic mass is 10.0. The highest BCUT2D eigenvalue weighted by Gasteiger charge is 2.57. The Hall–Kier alpha value is -2.80. The van der Waals surface area contributed by atoms with E-state index in [-0.39, 0.29) is 24.8 Å². The Kier molecular flexibility index (Phi) is 4.19. The molecule has 0 radical (unpaired) electrons. The molecule has 27 heavy (non-hydrogen) atoms. The average molecular weight is 388 g/mol. The molecule has 0 bridgehead atoms. The summed E-state index contributed by atoms with van der Waals surface area (Å²) < 4.78 is 5.66. The normalized spacial score (nSPS) is 17.4. The molecule has 3 N–H and O–H groups in total. The third-order valence-corrected chi connectivity index (χ3v) is 5.28. The molecule has 2 aliphatic rings. The molecular formula is C19H18ClN3O4. The van der Waals surface area contributed by atoms with Gasteiger partial charge in [-0.25, -0.2) is 0 Å². The fourth-order valence-electron chi connectivity index (χ4n) is 3.36. The monoisotopic (exact) mass is 387 g/mol. The second-order valence-electron chi connectivity index (χ2n) is 6.87. The molecule has 4 rings (SSSR count). The Morgan fingerprint density at radius 3 is 2.70 bits per heavy atom. The number of aromatic hydroxyl groups is 1. The van der Waals surface area contributed by atoms with Crippen LogP contribution in [0.4, 0.5) is 0 Å². The number of phenols is 1. The van der Waals surface area contributed by atoms with E-state index in [1.165, 1.54) is 6.20 Å². The maximum absolute atomic E-state index is 12.8. The number of amides is 2. The first kappa shape index (κ1) is 17.6. The Morgan fingerprint density at radius 2 is 2.07 bits per heavy atom. The van der Waals surface area contributed by atoms with E-state index in [4.69, 9.17) is 22.1 Å². The maximum atomic E-state index is 12.8. The zero-order valence-electron chi connectivity index (χ0n) is 14.4. The number of halogens is 1. The van der Waals surface area contributed by atoms with Crippen molar-refractivity contribution in [2.75, 3.05) is 13.2 Å². The molecule has 8 heteroatoms. The van der Waals surface area contributed by atoms with Crippen LogP contribution in [0.15, 0.2) is 30.5 Å². The largest absolute Gasteiger partial charge is 0.504 e. The number of rotatable bonds is 3. The van der Waals surface area contributed by atoms with Crippen LogP contribution in [0.1, 0.15) is 18.4 Å². The minimum absolute atomic E-state index is 0.0235. The van der Waals surface area contributed by atoms with Gasteiger partial charge in [-0.05, 0) is 37.1 Å². The predicted octanol–water partition coefficient (Wildman–Crippen LogP) is 2.09. The Morgan fingerprint density at radius 1 is 1.30 bits per heavy atom. The molecule has 2 amide bonds. The van der Waals surface area contributed by atoms with Crippen LogP contribution in [0.5, 0.6) is 11.5 Å². The molecule has 2 heterocycles. The van der Waals surface area contributed by atoms with Crippen LogP contribution in [-0.4, -0.2) is 40.0 Å². The van der Waals surface area contributed by atoms with Gasteiger partial charge in [0.15, 0.2) is 11.5 Å². The number of hydrogen-bond donors (Lipinski definition) is 2. The molecule has 0 unspecified atom stereocenters. The van der Waals surface area contributed by atoms with Crippen molar-refractivity contribution in [1.29, 1.82) is 0 Å². The molecule has 2 aromatic rings. The number of hydrogen-bond acceptors (Lipinski definition) is 5. The highest BCUT2D eigenvalue weighted by Crippen LogP contribution is 2.47. The molecule has 140 valence electrons. The molecule has 1 fully saturated rings. The molecule has 0 atom stereocenters. The van der Waals surface area contributed by atoms with Gasteiger partial charge in [-0.2, -0.15) is 0 Å². The summed E-state index contributed by atoms with van der Waals surface area (Å²) >= 11 is 5.88. The number of carbonyl (C=O) groups excluding carboxylic acids is 2. The minimum Gasteiger partial charge on any atom is -0.504 e. The summed E-state index contributed by atoms with van der Waals surface area (Å²) in [6.45, 7) is 0.758. The number of fused-ring (bicyclic) bond motifs is 1. The quantitative estimate of drug-likeness (QED) is 0.784. The fraction of sp³-hybridized carbons (Fsp3) is 0.316. The van der Waals surface area contributed by atoms with Crippen LogP contribution in [-0.2, 0) is 16.1 Å². The van der Waals surface area contributed by atoms with E-state index in [1.54, 1.807) is 23.1 Å². The number of aromatic nitrogens is 1. The summed E-state index contributed by atoms with van der Waals surface area (Å²) in [6.07, 6.45) is 2.48. The van der Waals surface area contributed by atoms with Crippen molar-refractivity contribution in [3.8, 4) is 22.8 Å². The van der Waals surface area contributed by atoms with E-state index < -0.39 is 11.3 Å². The lowest BCUT2D eigenvalue weighted by Crippen LogP contribution is -2.43. The van der Waals surface area contributed by atoms with Gasteiger partial charge in [-0.15, -0.1) is 0 Å².